The van der Waals surface area contributed by atoms with Gasteiger partial charge in [0.15, 0.2) is 0 Å². The molecule has 0 amide bonds. The molecule has 0 rings (SSSR count). The molecule has 0 aliphatic heterocycles. The van der Waals surface area contributed by atoms with E-state index in [1.807, 2.05) is 0 Å². The molecule has 0 bridgehead atoms. The predicted molar refractivity (Wildman–Crippen MR) is 56.7 cm³/mol. The van der Waals surface area contributed by atoms with Gasteiger partial charge in [-0.15, -0.1) is 0 Å². The summed E-state index contributed by atoms with van der Waals surface area (Å²) in [5.41, 5.74) is 0. The van der Waals surface area contributed by atoms with Crippen molar-refractivity contribution in [1.82, 2.24) is 0 Å². The average Bonchev–Trinajstić information content (AvgIpc) is 0.722. The Morgan fingerprint density at radius 1 is 0.474 bits per heavy atom. The molecule has 0 aromatic heterocycles. The van der Waals surface area contributed by atoms with Crippen molar-refractivity contribution in [3.8, 4) is 0 Å². The van der Waals surface area contributed by atoms with Gasteiger partial charge in [0.2, 0.25) is 0 Å². The van der Waals surface area contributed by atoms with Crippen molar-refractivity contribution in [2.45, 2.75) is 0 Å². The SMILES string of the molecule is O.O.O.O.O.O.O.O.O.O.O.O.O=P([O-])([O-])[O-].[Al+3].[K+]. The van der Waals surface area contributed by atoms with Crippen molar-refractivity contribution in [1.29, 1.82) is 0 Å². The minimum Gasteiger partial charge on any atom is -0.822 e. The Morgan fingerprint density at radius 2 is 0.474 bits per heavy atom. The molecule has 0 aliphatic carbocycles. The maximum absolute atomic E-state index is 8.55. The van der Waals surface area contributed by atoms with Crippen LogP contribution in [0.1, 0.15) is 0 Å². The third kappa shape index (κ3) is 1940. The van der Waals surface area contributed by atoms with E-state index in [2.05, 4.69) is 0 Å². The molecule has 0 spiro atoms. The van der Waals surface area contributed by atoms with E-state index >= 15 is 0 Å². The van der Waals surface area contributed by atoms with Crippen LogP contribution in [-0.2, 0) is 4.57 Å². The Kier molecular flexibility index (Phi) is 1470. The maximum Gasteiger partial charge on any atom is 3.00 e. The summed E-state index contributed by atoms with van der Waals surface area (Å²) in [7, 11) is -5.39. The molecular formula is H24AlKO16P+. The molecule has 19 heteroatoms. The van der Waals surface area contributed by atoms with Gasteiger partial charge in [-0.3, -0.25) is 0 Å². The molecule has 0 heterocycles. The summed E-state index contributed by atoms with van der Waals surface area (Å²) in [6, 6.07) is 0. The molecule has 24 N–H and O–H groups in total. The Labute approximate surface area is 160 Å². The summed E-state index contributed by atoms with van der Waals surface area (Å²) in [5.74, 6) is 0. The molecule has 16 nitrogen and oxygen atoms in total. The molecule has 0 saturated heterocycles. The first-order valence-corrected chi connectivity index (χ1v) is 2.19. The van der Waals surface area contributed by atoms with Crippen LogP contribution in [0.4, 0.5) is 0 Å². The number of hydrogen-bond donors (Lipinski definition) is 0. The van der Waals surface area contributed by atoms with Crippen LogP contribution in [0.3, 0.4) is 0 Å². The Bertz CT molecular complexity index is 62.9. The van der Waals surface area contributed by atoms with Gasteiger partial charge in [-0.25, -0.2) is 0 Å². The van der Waals surface area contributed by atoms with Crippen LogP contribution in [-0.4, -0.2) is 83.1 Å². The van der Waals surface area contributed by atoms with Crippen molar-refractivity contribution in [3.05, 3.63) is 0 Å². The minimum absolute atomic E-state index is 0. The third-order valence-electron chi connectivity index (χ3n) is 0. The van der Waals surface area contributed by atoms with E-state index in [0.717, 1.165) is 0 Å². The van der Waals surface area contributed by atoms with Crippen LogP contribution in [0.15, 0.2) is 0 Å². The van der Waals surface area contributed by atoms with Gasteiger partial charge < -0.3 is 85.0 Å². The molecule has 0 aromatic rings. The van der Waals surface area contributed by atoms with E-state index in [-0.39, 0.29) is 134 Å². The second-order valence-electron chi connectivity index (χ2n) is 0.447. The zero-order valence-electron chi connectivity index (χ0n) is 9.66. The van der Waals surface area contributed by atoms with Gasteiger partial charge in [0.05, 0.1) is 0 Å². The van der Waals surface area contributed by atoms with Crippen LogP contribution < -0.4 is 66.1 Å². The minimum atomic E-state index is -5.39. The van der Waals surface area contributed by atoms with E-state index in [0.29, 0.717) is 0 Å². The van der Waals surface area contributed by atoms with Gasteiger partial charge >= 0.3 is 68.7 Å². The molecule has 0 atom stereocenters. The third-order valence-corrected chi connectivity index (χ3v) is 0. The van der Waals surface area contributed by atoms with E-state index < -0.39 is 7.82 Å². The van der Waals surface area contributed by atoms with Crippen LogP contribution in [0.2, 0.25) is 0 Å². The van der Waals surface area contributed by atoms with Gasteiger partial charge in [0, 0.05) is 0 Å². The summed E-state index contributed by atoms with van der Waals surface area (Å²) < 4.78 is 8.55. The molecule has 0 radical (unpaired) electrons. The fraction of sp³-hybridized carbons (Fsp3) is 0. The largest absolute Gasteiger partial charge is 3.00 e. The maximum atomic E-state index is 8.55. The second kappa shape index (κ2) is 115. The van der Waals surface area contributed by atoms with Gasteiger partial charge in [0.25, 0.3) is 0 Å². The van der Waals surface area contributed by atoms with Gasteiger partial charge in [-0.1, -0.05) is 0 Å². The first kappa shape index (κ1) is 242. The van der Waals surface area contributed by atoms with Crippen molar-refractivity contribution >= 4 is 25.2 Å². The molecule has 0 aromatic carbocycles. The van der Waals surface area contributed by atoms with Crippen LogP contribution in [0.5, 0.6) is 0 Å². The van der Waals surface area contributed by atoms with Crippen molar-refractivity contribution in [2.75, 3.05) is 0 Å². The number of phosphoric acid groups is 1. The predicted octanol–water partition coefficient (Wildman–Crippen LogP) is -16.1. The van der Waals surface area contributed by atoms with E-state index in [1.54, 1.807) is 0 Å². The van der Waals surface area contributed by atoms with E-state index in [9.17, 15) is 0 Å². The van der Waals surface area contributed by atoms with Crippen molar-refractivity contribution in [2.24, 2.45) is 0 Å². The smallest absolute Gasteiger partial charge is 0.822 e. The topological polar surface area (TPSA) is 464 Å². The van der Waals surface area contributed by atoms with Crippen molar-refractivity contribution in [3.63, 3.8) is 0 Å². The molecule has 0 aliphatic rings. The van der Waals surface area contributed by atoms with Gasteiger partial charge in [0.1, 0.15) is 0 Å². The molecule has 19 heavy (non-hydrogen) atoms. The summed E-state index contributed by atoms with van der Waals surface area (Å²) in [6.45, 7) is 0. The van der Waals surface area contributed by atoms with Crippen LogP contribution in [0.25, 0.3) is 0 Å². The Hall–Kier alpha value is 1.80. The Balaban J connectivity index is -0.000000000879. The fourth-order valence-corrected chi connectivity index (χ4v) is 0. The first-order chi connectivity index (χ1) is 2.00. The van der Waals surface area contributed by atoms with Gasteiger partial charge in [-0.05, 0) is 0 Å². The first-order valence-electron chi connectivity index (χ1n) is 0.730. The second-order valence-corrected chi connectivity index (χ2v) is 1.34. The molecule has 0 unspecified atom stereocenters. The number of rotatable bonds is 0. The molecular weight excluding hydrogens is 353 g/mol. The Morgan fingerprint density at radius 3 is 0.474 bits per heavy atom. The quantitative estimate of drug-likeness (QED) is 0.292. The van der Waals surface area contributed by atoms with Gasteiger partial charge in [-0.2, -0.15) is 7.82 Å². The summed E-state index contributed by atoms with van der Waals surface area (Å²) >= 11 is 0. The summed E-state index contributed by atoms with van der Waals surface area (Å²) in [4.78, 5) is 25.6. The summed E-state index contributed by atoms with van der Waals surface area (Å²) in [5, 5.41) is 0. The molecule has 0 fully saturated rings. The fourth-order valence-electron chi connectivity index (χ4n) is 0. The molecule has 128 valence electrons. The van der Waals surface area contributed by atoms with Crippen LogP contribution in [0, 0.1) is 0 Å². The monoisotopic (exact) mass is 377 g/mol. The summed E-state index contributed by atoms with van der Waals surface area (Å²) in [6.07, 6.45) is 0. The van der Waals surface area contributed by atoms with E-state index in [1.165, 1.54) is 0 Å². The van der Waals surface area contributed by atoms with Crippen molar-refractivity contribution < 1.29 is 136 Å². The zero-order chi connectivity index (χ0) is 4.50. The van der Waals surface area contributed by atoms with E-state index in [4.69, 9.17) is 19.2 Å². The number of hydrogen-bond acceptors (Lipinski definition) is 4. The zero-order valence-corrected chi connectivity index (χ0v) is 14.8. The standard InChI is InChI=1S/Al.K.H3O4P.12H2O/c;;1-5(2,3)4;;;;;;;;;;;;/h;;(H3,1,2,3,4);12*1H2/q+3;+1;;;;;;;;;;;;;/p-3. The molecule has 0 saturated carbocycles. The normalized spacial score (nSPS) is 3.11. The average molecular weight is 377 g/mol. The van der Waals surface area contributed by atoms with Crippen LogP contribution >= 0.6 is 7.82 Å².